The quantitative estimate of drug-likeness (QED) is 0.444. The first kappa shape index (κ1) is 15.4. The monoisotopic (exact) mass is 322 g/mol. The van der Waals surface area contributed by atoms with Crippen LogP contribution >= 0.6 is 0 Å². The minimum atomic E-state index is -1.08. The van der Waals surface area contributed by atoms with Crippen molar-refractivity contribution >= 4 is 23.7 Å². The van der Waals surface area contributed by atoms with Gasteiger partial charge in [0.25, 0.3) is 11.8 Å². The van der Waals surface area contributed by atoms with Crippen LogP contribution in [0.4, 0.5) is 0 Å². The average molecular weight is 322 g/mol. The SMILES string of the molecule is O=C1NN=C(c2ccccc2)[C@@H]1C(=O)N/N=C\c1ccccc1O. The van der Waals surface area contributed by atoms with E-state index in [0.29, 0.717) is 16.8 Å². The molecule has 3 N–H and O–H groups in total. The maximum atomic E-state index is 12.3. The largest absolute Gasteiger partial charge is 0.507 e. The standard InChI is InChI=1S/C17H14N4O3/c22-13-9-5-4-8-12(13)10-18-20-16(23)14-15(19-21-17(14)24)11-6-2-1-3-7-11/h1-10,14,22H,(H,20,23)(H,21,24)/b18-10-/t14-/m1/s1. The molecule has 1 heterocycles. The first-order valence-electron chi connectivity index (χ1n) is 7.20. The van der Waals surface area contributed by atoms with E-state index in [2.05, 4.69) is 21.1 Å². The number of aromatic hydroxyl groups is 1. The lowest BCUT2D eigenvalue weighted by molar-refractivity contribution is -0.131. The van der Waals surface area contributed by atoms with Gasteiger partial charge in [-0.15, -0.1) is 0 Å². The highest BCUT2D eigenvalue weighted by Gasteiger charge is 2.37. The third-order valence-electron chi connectivity index (χ3n) is 3.47. The fourth-order valence-corrected chi connectivity index (χ4v) is 2.28. The fraction of sp³-hybridized carbons (Fsp3) is 0.0588. The van der Waals surface area contributed by atoms with Crippen molar-refractivity contribution in [1.82, 2.24) is 10.9 Å². The van der Waals surface area contributed by atoms with Crippen molar-refractivity contribution in [3.8, 4) is 5.75 Å². The van der Waals surface area contributed by atoms with Crippen molar-refractivity contribution in [2.75, 3.05) is 0 Å². The molecule has 0 aromatic heterocycles. The zero-order valence-corrected chi connectivity index (χ0v) is 12.5. The minimum Gasteiger partial charge on any atom is -0.507 e. The van der Waals surface area contributed by atoms with Gasteiger partial charge in [0.05, 0.1) is 11.9 Å². The van der Waals surface area contributed by atoms with Crippen LogP contribution in [-0.2, 0) is 9.59 Å². The summed E-state index contributed by atoms with van der Waals surface area (Å²) in [5, 5.41) is 17.4. The summed E-state index contributed by atoms with van der Waals surface area (Å²) in [4.78, 5) is 24.2. The second kappa shape index (κ2) is 6.74. The maximum Gasteiger partial charge on any atom is 0.258 e. The summed E-state index contributed by atoms with van der Waals surface area (Å²) in [6.07, 6.45) is 1.30. The number of carbonyl (C=O) groups excluding carboxylic acids is 2. The summed E-state index contributed by atoms with van der Waals surface area (Å²) >= 11 is 0. The van der Waals surface area contributed by atoms with E-state index in [0.717, 1.165) is 0 Å². The summed E-state index contributed by atoms with van der Waals surface area (Å²) < 4.78 is 0. The molecule has 7 heteroatoms. The van der Waals surface area contributed by atoms with Gasteiger partial charge in [-0.3, -0.25) is 9.59 Å². The zero-order valence-electron chi connectivity index (χ0n) is 12.5. The first-order chi connectivity index (χ1) is 11.7. The molecule has 0 radical (unpaired) electrons. The summed E-state index contributed by atoms with van der Waals surface area (Å²) in [5.41, 5.74) is 6.10. The smallest absolute Gasteiger partial charge is 0.258 e. The molecule has 0 bridgehead atoms. The van der Waals surface area contributed by atoms with Crippen LogP contribution in [0.1, 0.15) is 11.1 Å². The Morgan fingerprint density at radius 2 is 1.88 bits per heavy atom. The van der Waals surface area contributed by atoms with E-state index < -0.39 is 17.7 Å². The van der Waals surface area contributed by atoms with Gasteiger partial charge in [0, 0.05) is 5.56 Å². The van der Waals surface area contributed by atoms with Crippen LogP contribution in [0, 0.1) is 5.92 Å². The van der Waals surface area contributed by atoms with E-state index in [1.54, 1.807) is 42.5 Å². The van der Waals surface area contributed by atoms with E-state index in [1.165, 1.54) is 12.3 Å². The Hall–Kier alpha value is -3.48. The summed E-state index contributed by atoms with van der Waals surface area (Å²) in [5.74, 6) is -2.14. The molecule has 0 saturated carbocycles. The van der Waals surface area contributed by atoms with Crippen LogP contribution in [0.5, 0.6) is 5.75 Å². The number of para-hydroxylation sites is 1. The maximum absolute atomic E-state index is 12.3. The summed E-state index contributed by atoms with van der Waals surface area (Å²) in [6.45, 7) is 0. The highest BCUT2D eigenvalue weighted by Crippen LogP contribution is 2.16. The van der Waals surface area contributed by atoms with Crippen molar-refractivity contribution in [2.24, 2.45) is 16.1 Å². The third-order valence-corrected chi connectivity index (χ3v) is 3.47. The van der Waals surface area contributed by atoms with Crippen molar-refractivity contribution < 1.29 is 14.7 Å². The molecular formula is C17H14N4O3. The number of carbonyl (C=O) groups is 2. The number of phenols is 1. The molecule has 0 unspecified atom stereocenters. The predicted octanol–water partition coefficient (Wildman–Crippen LogP) is 0.993. The Kier molecular flexibility index (Phi) is 4.33. The van der Waals surface area contributed by atoms with Crippen LogP contribution in [0.15, 0.2) is 64.8 Å². The van der Waals surface area contributed by atoms with Crippen LogP contribution in [0.3, 0.4) is 0 Å². The molecule has 2 amide bonds. The number of amides is 2. The number of hydrogen-bond donors (Lipinski definition) is 3. The van der Waals surface area contributed by atoms with Gasteiger partial charge in [0.15, 0.2) is 5.92 Å². The molecule has 1 atom stereocenters. The van der Waals surface area contributed by atoms with Crippen molar-refractivity contribution in [2.45, 2.75) is 0 Å². The molecule has 0 aliphatic carbocycles. The highest BCUT2D eigenvalue weighted by molar-refractivity contribution is 6.27. The second-order valence-electron chi connectivity index (χ2n) is 5.07. The van der Waals surface area contributed by atoms with Gasteiger partial charge in [-0.2, -0.15) is 10.2 Å². The normalized spacial score (nSPS) is 16.8. The molecule has 120 valence electrons. The minimum absolute atomic E-state index is 0.0423. The number of benzene rings is 2. The van der Waals surface area contributed by atoms with Gasteiger partial charge < -0.3 is 5.11 Å². The number of nitrogens with zero attached hydrogens (tertiary/aromatic N) is 2. The lowest BCUT2D eigenvalue weighted by Gasteiger charge is -2.08. The molecule has 1 aliphatic rings. The molecule has 0 spiro atoms. The van der Waals surface area contributed by atoms with Crippen LogP contribution in [-0.4, -0.2) is 28.8 Å². The average Bonchev–Trinajstić information content (AvgIpc) is 2.99. The Morgan fingerprint density at radius 1 is 1.17 bits per heavy atom. The van der Waals surface area contributed by atoms with Gasteiger partial charge in [0.1, 0.15) is 5.75 Å². The van der Waals surface area contributed by atoms with E-state index in [4.69, 9.17) is 0 Å². The van der Waals surface area contributed by atoms with E-state index in [-0.39, 0.29) is 5.75 Å². The number of phenolic OH excluding ortho intramolecular Hbond substituents is 1. The fourth-order valence-electron chi connectivity index (χ4n) is 2.28. The molecule has 7 nitrogen and oxygen atoms in total. The van der Waals surface area contributed by atoms with Gasteiger partial charge in [0.2, 0.25) is 0 Å². The molecule has 3 rings (SSSR count). The Balaban J connectivity index is 1.73. The molecule has 1 aliphatic heterocycles. The number of nitrogens with one attached hydrogen (secondary N) is 2. The summed E-state index contributed by atoms with van der Waals surface area (Å²) in [7, 11) is 0. The topological polar surface area (TPSA) is 103 Å². The van der Waals surface area contributed by atoms with E-state index in [1.807, 2.05) is 6.07 Å². The Bertz CT molecular complexity index is 831. The lowest BCUT2D eigenvalue weighted by Crippen LogP contribution is -2.37. The first-order valence-corrected chi connectivity index (χ1v) is 7.20. The van der Waals surface area contributed by atoms with Crippen molar-refractivity contribution in [3.05, 3.63) is 65.7 Å². The van der Waals surface area contributed by atoms with Gasteiger partial charge >= 0.3 is 0 Å². The second-order valence-corrected chi connectivity index (χ2v) is 5.07. The highest BCUT2D eigenvalue weighted by atomic mass is 16.3. The Labute approximate surface area is 137 Å². The number of hydrazone groups is 2. The molecule has 2 aromatic carbocycles. The van der Waals surface area contributed by atoms with Crippen molar-refractivity contribution in [1.29, 1.82) is 0 Å². The predicted molar refractivity (Wildman–Crippen MR) is 88.5 cm³/mol. The summed E-state index contributed by atoms with van der Waals surface area (Å²) in [6, 6.07) is 15.5. The molecule has 0 fully saturated rings. The molecule has 2 aromatic rings. The number of rotatable bonds is 4. The lowest BCUT2D eigenvalue weighted by atomic mass is 9.96. The molecule has 24 heavy (non-hydrogen) atoms. The number of hydrogen-bond acceptors (Lipinski definition) is 5. The van der Waals surface area contributed by atoms with Gasteiger partial charge in [-0.05, 0) is 17.7 Å². The van der Waals surface area contributed by atoms with Gasteiger partial charge in [-0.25, -0.2) is 10.9 Å². The molecular weight excluding hydrogens is 308 g/mol. The van der Waals surface area contributed by atoms with Crippen LogP contribution in [0.25, 0.3) is 0 Å². The third kappa shape index (κ3) is 3.14. The van der Waals surface area contributed by atoms with E-state index >= 15 is 0 Å². The van der Waals surface area contributed by atoms with E-state index in [9.17, 15) is 14.7 Å². The molecule has 0 saturated heterocycles. The zero-order chi connectivity index (χ0) is 16.9. The van der Waals surface area contributed by atoms with Gasteiger partial charge in [-0.1, -0.05) is 42.5 Å². The van der Waals surface area contributed by atoms with Crippen LogP contribution < -0.4 is 10.9 Å². The van der Waals surface area contributed by atoms with Crippen molar-refractivity contribution in [3.63, 3.8) is 0 Å². The Morgan fingerprint density at radius 3 is 2.62 bits per heavy atom. The van der Waals surface area contributed by atoms with Crippen LogP contribution in [0.2, 0.25) is 0 Å².